The molecule has 3 aromatic rings. The number of rotatable bonds is 4. The SMILES string of the molecule is CC(=O)CNC(=O)c1c(O)c2cccc(-c3cccc(C)c3)c2oc1=O. The third-order valence-electron chi connectivity index (χ3n) is 3.96. The number of aromatic hydroxyl groups is 1. The summed E-state index contributed by atoms with van der Waals surface area (Å²) in [5, 5.41) is 13.0. The normalized spacial score (nSPS) is 10.7. The number of carbonyl (C=O) groups is 2. The molecule has 26 heavy (non-hydrogen) atoms. The second kappa shape index (κ2) is 6.84. The van der Waals surface area contributed by atoms with Gasteiger partial charge in [-0.15, -0.1) is 0 Å². The number of benzene rings is 2. The monoisotopic (exact) mass is 351 g/mol. The first kappa shape index (κ1) is 17.4. The van der Waals surface area contributed by atoms with Crippen molar-refractivity contribution in [3.05, 3.63) is 64.0 Å². The predicted molar refractivity (Wildman–Crippen MR) is 97.3 cm³/mol. The predicted octanol–water partition coefficient (Wildman–Crippen LogP) is 2.79. The Morgan fingerprint density at radius 2 is 1.88 bits per heavy atom. The fourth-order valence-electron chi connectivity index (χ4n) is 2.74. The van der Waals surface area contributed by atoms with Crippen molar-refractivity contribution in [3.8, 4) is 16.9 Å². The van der Waals surface area contributed by atoms with Gasteiger partial charge < -0.3 is 14.8 Å². The van der Waals surface area contributed by atoms with Gasteiger partial charge in [-0.05, 0) is 25.5 Å². The van der Waals surface area contributed by atoms with Crippen molar-refractivity contribution in [2.45, 2.75) is 13.8 Å². The number of hydrogen-bond donors (Lipinski definition) is 2. The van der Waals surface area contributed by atoms with Gasteiger partial charge in [0.2, 0.25) is 0 Å². The van der Waals surface area contributed by atoms with Gasteiger partial charge >= 0.3 is 5.63 Å². The summed E-state index contributed by atoms with van der Waals surface area (Å²) in [6.45, 7) is 3.01. The molecule has 2 N–H and O–H groups in total. The van der Waals surface area contributed by atoms with E-state index in [1.54, 1.807) is 18.2 Å². The molecular weight excluding hydrogens is 334 g/mol. The van der Waals surface area contributed by atoms with E-state index in [9.17, 15) is 19.5 Å². The van der Waals surface area contributed by atoms with Crippen LogP contribution >= 0.6 is 0 Å². The highest BCUT2D eigenvalue weighted by Gasteiger charge is 2.22. The lowest BCUT2D eigenvalue weighted by Crippen LogP contribution is -2.31. The molecule has 0 aliphatic heterocycles. The smallest absolute Gasteiger partial charge is 0.353 e. The van der Waals surface area contributed by atoms with Crippen LogP contribution in [0.3, 0.4) is 0 Å². The van der Waals surface area contributed by atoms with Crippen LogP contribution in [0.2, 0.25) is 0 Å². The van der Waals surface area contributed by atoms with Gasteiger partial charge in [0.1, 0.15) is 17.1 Å². The van der Waals surface area contributed by atoms with Crippen molar-refractivity contribution >= 4 is 22.7 Å². The largest absolute Gasteiger partial charge is 0.506 e. The molecule has 0 fully saturated rings. The van der Waals surface area contributed by atoms with Gasteiger partial charge in [-0.3, -0.25) is 9.59 Å². The summed E-state index contributed by atoms with van der Waals surface area (Å²) in [4.78, 5) is 35.5. The van der Waals surface area contributed by atoms with Gasteiger partial charge in [-0.25, -0.2) is 4.79 Å². The topological polar surface area (TPSA) is 96.6 Å². The molecule has 0 radical (unpaired) electrons. The molecule has 0 unspecified atom stereocenters. The van der Waals surface area contributed by atoms with E-state index in [1.807, 2.05) is 31.2 Å². The molecule has 6 heteroatoms. The Labute approximate surface area is 149 Å². The van der Waals surface area contributed by atoms with E-state index < -0.39 is 22.8 Å². The maximum atomic E-state index is 12.3. The lowest BCUT2D eigenvalue weighted by atomic mass is 10.00. The first-order valence-electron chi connectivity index (χ1n) is 8.02. The van der Waals surface area contributed by atoms with E-state index in [1.165, 1.54) is 6.92 Å². The van der Waals surface area contributed by atoms with E-state index in [4.69, 9.17) is 4.42 Å². The van der Waals surface area contributed by atoms with Crippen LogP contribution < -0.4 is 10.9 Å². The highest BCUT2D eigenvalue weighted by Crippen LogP contribution is 2.33. The Morgan fingerprint density at radius 1 is 1.15 bits per heavy atom. The maximum Gasteiger partial charge on any atom is 0.353 e. The van der Waals surface area contributed by atoms with Gasteiger partial charge in [0.25, 0.3) is 5.91 Å². The lowest BCUT2D eigenvalue weighted by Gasteiger charge is -2.10. The lowest BCUT2D eigenvalue weighted by molar-refractivity contribution is -0.116. The molecule has 0 atom stereocenters. The highest BCUT2D eigenvalue weighted by atomic mass is 16.4. The van der Waals surface area contributed by atoms with Gasteiger partial charge in [0, 0.05) is 5.56 Å². The number of ketones is 1. The van der Waals surface area contributed by atoms with Crippen molar-refractivity contribution in [2.24, 2.45) is 0 Å². The molecule has 6 nitrogen and oxygen atoms in total. The van der Waals surface area contributed by atoms with Gasteiger partial charge in [0.15, 0.2) is 5.56 Å². The standard InChI is InChI=1S/C20H17NO5/c1-11-5-3-6-13(9-11)14-7-4-8-15-17(23)16(20(25)26-18(14)15)19(24)21-10-12(2)22/h3-9,23H,10H2,1-2H3,(H,21,24). The van der Waals surface area contributed by atoms with Crippen molar-refractivity contribution < 1.29 is 19.1 Å². The van der Waals surface area contributed by atoms with Crippen LogP contribution in [0.25, 0.3) is 22.1 Å². The van der Waals surface area contributed by atoms with Crippen molar-refractivity contribution in [3.63, 3.8) is 0 Å². The van der Waals surface area contributed by atoms with E-state index >= 15 is 0 Å². The Bertz CT molecular complexity index is 1080. The minimum atomic E-state index is -0.962. The molecule has 0 saturated heterocycles. The van der Waals surface area contributed by atoms with E-state index in [2.05, 4.69) is 5.32 Å². The molecule has 1 aromatic heterocycles. The van der Waals surface area contributed by atoms with Crippen molar-refractivity contribution in [2.75, 3.05) is 6.54 Å². The number of fused-ring (bicyclic) bond motifs is 1. The van der Waals surface area contributed by atoms with Crippen LogP contribution in [0.5, 0.6) is 5.75 Å². The van der Waals surface area contributed by atoms with Crippen LogP contribution in [-0.2, 0) is 4.79 Å². The fourth-order valence-corrected chi connectivity index (χ4v) is 2.74. The minimum absolute atomic E-state index is 0.198. The second-order valence-corrected chi connectivity index (χ2v) is 6.05. The van der Waals surface area contributed by atoms with Crippen molar-refractivity contribution in [1.82, 2.24) is 5.32 Å². The molecule has 0 aliphatic carbocycles. The third-order valence-corrected chi connectivity index (χ3v) is 3.96. The minimum Gasteiger partial charge on any atom is -0.506 e. The molecule has 0 spiro atoms. The zero-order valence-electron chi connectivity index (χ0n) is 14.3. The first-order chi connectivity index (χ1) is 12.4. The Hall–Kier alpha value is -3.41. The van der Waals surface area contributed by atoms with Crippen LogP contribution in [0, 0.1) is 6.92 Å². The second-order valence-electron chi connectivity index (χ2n) is 6.05. The summed E-state index contributed by atoms with van der Waals surface area (Å²) >= 11 is 0. The fraction of sp³-hybridized carbons (Fsp3) is 0.150. The molecule has 3 rings (SSSR count). The van der Waals surface area contributed by atoms with Crippen LogP contribution in [0.1, 0.15) is 22.8 Å². The molecule has 1 amide bonds. The van der Waals surface area contributed by atoms with Gasteiger partial charge in [-0.2, -0.15) is 0 Å². The van der Waals surface area contributed by atoms with Gasteiger partial charge in [-0.1, -0.05) is 42.0 Å². The van der Waals surface area contributed by atoms with Gasteiger partial charge in [0.05, 0.1) is 11.9 Å². The number of carbonyl (C=O) groups excluding carboxylic acids is 2. The summed E-state index contributed by atoms with van der Waals surface area (Å²) in [6.07, 6.45) is 0. The maximum absolute atomic E-state index is 12.3. The molecule has 132 valence electrons. The number of amides is 1. The van der Waals surface area contributed by atoms with Crippen LogP contribution in [0.15, 0.2) is 51.7 Å². The third kappa shape index (κ3) is 3.21. The zero-order valence-corrected chi connectivity index (χ0v) is 14.3. The summed E-state index contributed by atoms with van der Waals surface area (Å²) in [7, 11) is 0. The molecule has 0 aliphatic rings. The summed E-state index contributed by atoms with van der Waals surface area (Å²) in [6, 6.07) is 12.7. The van der Waals surface area contributed by atoms with Crippen LogP contribution in [0.4, 0.5) is 0 Å². The molecule has 1 heterocycles. The van der Waals surface area contributed by atoms with E-state index in [-0.39, 0.29) is 23.3 Å². The summed E-state index contributed by atoms with van der Waals surface area (Å²) in [5.74, 6) is -1.59. The van der Waals surface area contributed by atoms with Crippen LogP contribution in [-0.4, -0.2) is 23.3 Å². The van der Waals surface area contributed by atoms with E-state index in [0.717, 1.165) is 11.1 Å². The zero-order chi connectivity index (χ0) is 18.8. The molecule has 0 bridgehead atoms. The Morgan fingerprint density at radius 3 is 2.58 bits per heavy atom. The number of hydrogen-bond acceptors (Lipinski definition) is 5. The highest BCUT2D eigenvalue weighted by molar-refractivity contribution is 6.04. The van der Waals surface area contributed by atoms with Crippen molar-refractivity contribution in [1.29, 1.82) is 0 Å². The number of nitrogens with one attached hydrogen (secondary N) is 1. The average molecular weight is 351 g/mol. The molecule has 0 saturated carbocycles. The average Bonchev–Trinajstić information content (AvgIpc) is 2.59. The molecular formula is C20H17NO5. The number of para-hydroxylation sites is 1. The number of aryl methyl sites for hydroxylation is 1. The van der Waals surface area contributed by atoms with E-state index in [0.29, 0.717) is 5.56 Å². The Kier molecular flexibility index (Phi) is 4.58. The Balaban J connectivity index is 2.18. The first-order valence-corrected chi connectivity index (χ1v) is 8.02. The summed E-state index contributed by atoms with van der Waals surface area (Å²) < 4.78 is 5.37. The number of Topliss-reactive ketones (excluding diaryl/α,β-unsaturated/α-hetero) is 1. The summed E-state index contributed by atoms with van der Waals surface area (Å²) in [5.41, 5.74) is 1.22. The quantitative estimate of drug-likeness (QED) is 0.705. The molecule has 2 aromatic carbocycles.